The van der Waals surface area contributed by atoms with Gasteiger partial charge in [-0.3, -0.25) is 4.57 Å². The molecular weight excluding hydrogens is 166 g/mol. The van der Waals surface area contributed by atoms with Crippen LogP contribution in [-0.2, 0) is 4.57 Å². The lowest BCUT2D eigenvalue weighted by atomic mass is 10.4. The van der Waals surface area contributed by atoms with Crippen LogP contribution in [0.4, 0.5) is 4.39 Å². The molecule has 0 spiro atoms. The van der Waals surface area contributed by atoms with Crippen LogP contribution in [0, 0.1) is 0 Å². The molecule has 0 heterocycles. The van der Waals surface area contributed by atoms with Gasteiger partial charge in [-0.15, -0.1) is 0 Å². The fourth-order valence-electron chi connectivity index (χ4n) is 0.311. The van der Waals surface area contributed by atoms with Crippen molar-refractivity contribution in [2.24, 2.45) is 0 Å². The monoisotopic (exact) mass is 174 g/mol. The van der Waals surface area contributed by atoms with Gasteiger partial charge in [-0.25, -0.2) is 4.39 Å². The molecule has 0 radical (unpaired) electrons. The fraction of sp³-hybridized carbons (Fsp3) is 1.00. The SMILES string of the molecule is O=P(O)(O)C(F)C(O)CO. The van der Waals surface area contributed by atoms with Gasteiger partial charge in [-0.1, -0.05) is 0 Å². The molecule has 0 aliphatic heterocycles. The summed E-state index contributed by atoms with van der Waals surface area (Å²) in [5.74, 6) is -2.70. The first kappa shape index (κ1) is 10.0. The Morgan fingerprint density at radius 2 is 1.90 bits per heavy atom. The number of rotatable bonds is 3. The zero-order valence-corrected chi connectivity index (χ0v) is 5.78. The quantitative estimate of drug-likeness (QED) is 0.403. The lowest BCUT2D eigenvalue weighted by Crippen LogP contribution is -2.25. The van der Waals surface area contributed by atoms with E-state index in [1.807, 2.05) is 0 Å². The number of hydrogen-bond donors (Lipinski definition) is 4. The molecule has 5 nitrogen and oxygen atoms in total. The number of alkyl halides is 1. The second kappa shape index (κ2) is 3.41. The summed E-state index contributed by atoms with van der Waals surface area (Å²) >= 11 is 0. The third kappa shape index (κ3) is 2.72. The van der Waals surface area contributed by atoms with Crippen molar-refractivity contribution in [1.82, 2.24) is 0 Å². The van der Waals surface area contributed by atoms with Crippen molar-refractivity contribution in [3.05, 3.63) is 0 Å². The summed E-state index contributed by atoms with van der Waals surface area (Å²) in [4.78, 5) is 16.1. The number of halogens is 1. The Morgan fingerprint density at radius 1 is 1.50 bits per heavy atom. The molecular formula is C3H8FO5P. The van der Waals surface area contributed by atoms with Crippen molar-refractivity contribution in [2.75, 3.05) is 6.61 Å². The Balaban J connectivity index is 4.08. The summed E-state index contributed by atoms with van der Waals surface area (Å²) in [7, 11) is -4.91. The van der Waals surface area contributed by atoms with E-state index in [4.69, 9.17) is 20.0 Å². The summed E-state index contributed by atoms with van der Waals surface area (Å²) in [6.07, 6.45) is -2.01. The lowest BCUT2D eigenvalue weighted by molar-refractivity contribution is 0.0488. The van der Waals surface area contributed by atoms with Crippen LogP contribution in [0.3, 0.4) is 0 Å². The summed E-state index contributed by atoms with van der Waals surface area (Å²) in [6.45, 7) is -1.01. The van der Waals surface area contributed by atoms with Crippen molar-refractivity contribution >= 4 is 7.60 Å². The molecule has 0 saturated heterocycles. The van der Waals surface area contributed by atoms with Crippen LogP contribution in [0.1, 0.15) is 0 Å². The van der Waals surface area contributed by atoms with Crippen LogP contribution in [0.5, 0.6) is 0 Å². The van der Waals surface area contributed by atoms with E-state index in [0.29, 0.717) is 0 Å². The molecule has 0 bridgehead atoms. The van der Waals surface area contributed by atoms with Crippen molar-refractivity contribution in [2.45, 2.75) is 12.0 Å². The normalized spacial score (nSPS) is 18.5. The molecule has 0 aliphatic rings. The van der Waals surface area contributed by atoms with E-state index < -0.39 is 26.2 Å². The van der Waals surface area contributed by atoms with E-state index in [1.54, 1.807) is 0 Å². The predicted molar refractivity (Wildman–Crippen MR) is 30.0 cm³/mol. The molecule has 7 heteroatoms. The molecule has 4 N–H and O–H groups in total. The summed E-state index contributed by atoms with van der Waals surface area (Å²) in [6, 6.07) is 0. The summed E-state index contributed by atoms with van der Waals surface area (Å²) in [5, 5.41) is 16.4. The van der Waals surface area contributed by atoms with Crippen LogP contribution in [-0.4, -0.2) is 38.6 Å². The van der Waals surface area contributed by atoms with Crippen LogP contribution in [0.25, 0.3) is 0 Å². The summed E-state index contributed by atoms with van der Waals surface area (Å²) in [5.41, 5.74) is 0. The van der Waals surface area contributed by atoms with Crippen molar-refractivity contribution in [1.29, 1.82) is 0 Å². The second-order valence-electron chi connectivity index (χ2n) is 1.71. The highest BCUT2D eigenvalue weighted by Gasteiger charge is 2.34. The van der Waals surface area contributed by atoms with Crippen LogP contribution in [0.15, 0.2) is 0 Å². The van der Waals surface area contributed by atoms with Gasteiger partial charge in [0.1, 0.15) is 6.10 Å². The van der Waals surface area contributed by atoms with Gasteiger partial charge in [-0.2, -0.15) is 0 Å². The molecule has 0 rings (SSSR count). The van der Waals surface area contributed by atoms with Crippen molar-refractivity contribution in [3.8, 4) is 0 Å². The maximum absolute atomic E-state index is 12.1. The van der Waals surface area contributed by atoms with E-state index in [0.717, 1.165) is 0 Å². The van der Waals surface area contributed by atoms with Crippen LogP contribution in [0.2, 0.25) is 0 Å². The van der Waals surface area contributed by atoms with Gasteiger partial charge in [0, 0.05) is 0 Å². The van der Waals surface area contributed by atoms with Gasteiger partial charge in [-0.05, 0) is 0 Å². The van der Waals surface area contributed by atoms with Gasteiger partial charge in [0.05, 0.1) is 6.61 Å². The molecule has 0 saturated carbocycles. The van der Waals surface area contributed by atoms with Gasteiger partial charge < -0.3 is 20.0 Å². The summed E-state index contributed by atoms with van der Waals surface area (Å²) < 4.78 is 22.1. The van der Waals surface area contributed by atoms with Crippen molar-refractivity contribution < 1.29 is 29.0 Å². The van der Waals surface area contributed by atoms with Gasteiger partial charge in [0.25, 0.3) is 0 Å². The minimum Gasteiger partial charge on any atom is -0.394 e. The molecule has 0 aromatic carbocycles. The Hall–Kier alpha value is -0.0000000000000000416. The number of hydrogen-bond acceptors (Lipinski definition) is 3. The minimum absolute atomic E-state index is 1.01. The van der Waals surface area contributed by atoms with E-state index in [1.165, 1.54) is 0 Å². The zero-order chi connectivity index (χ0) is 8.36. The molecule has 2 unspecified atom stereocenters. The average Bonchev–Trinajstić information content (AvgIpc) is 1.83. The molecule has 0 aliphatic carbocycles. The third-order valence-corrected chi connectivity index (χ3v) is 1.81. The standard InChI is InChI=1S/C3H8FO5P/c4-3(2(6)1-5)10(7,8)9/h2-3,5-6H,1H2,(H2,7,8,9). The topological polar surface area (TPSA) is 98.0 Å². The molecule has 0 aromatic heterocycles. The maximum Gasteiger partial charge on any atom is 0.362 e. The minimum atomic E-state index is -4.91. The van der Waals surface area contributed by atoms with E-state index in [2.05, 4.69) is 0 Å². The maximum atomic E-state index is 12.1. The Bertz CT molecular complexity index is 144. The largest absolute Gasteiger partial charge is 0.394 e. The molecule has 10 heavy (non-hydrogen) atoms. The van der Waals surface area contributed by atoms with Gasteiger partial charge in [0.15, 0.2) is 0 Å². The average molecular weight is 174 g/mol. The Labute approximate surface area is 56.3 Å². The predicted octanol–water partition coefficient (Wildman–Crippen LogP) is -1.19. The first-order chi connectivity index (χ1) is 4.39. The smallest absolute Gasteiger partial charge is 0.362 e. The number of aliphatic hydroxyl groups excluding tert-OH is 2. The van der Waals surface area contributed by atoms with Gasteiger partial charge in [0.2, 0.25) is 5.91 Å². The Morgan fingerprint density at radius 3 is 2.00 bits per heavy atom. The van der Waals surface area contributed by atoms with Crippen LogP contribution >= 0.6 is 7.60 Å². The molecule has 0 amide bonds. The van der Waals surface area contributed by atoms with E-state index in [-0.39, 0.29) is 0 Å². The molecule has 2 atom stereocenters. The highest BCUT2D eigenvalue weighted by atomic mass is 31.2. The molecule has 0 aromatic rings. The zero-order valence-electron chi connectivity index (χ0n) is 4.88. The first-order valence-electron chi connectivity index (χ1n) is 2.37. The van der Waals surface area contributed by atoms with E-state index >= 15 is 0 Å². The number of aliphatic hydroxyl groups is 2. The first-order valence-corrected chi connectivity index (χ1v) is 4.06. The van der Waals surface area contributed by atoms with E-state index in [9.17, 15) is 8.96 Å². The lowest BCUT2D eigenvalue weighted by Gasteiger charge is -2.13. The highest BCUT2D eigenvalue weighted by molar-refractivity contribution is 7.52. The fourth-order valence-corrected chi connectivity index (χ4v) is 0.854. The highest BCUT2D eigenvalue weighted by Crippen LogP contribution is 2.43. The van der Waals surface area contributed by atoms with Crippen molar-refractivity contribution in [3.63, 3.8) is 0 Å². The third-order valence-electron chi connectivity index (χ3n) is 0.826. The van der Waals surface area contributed by atoms with Crippen LogP contribution < -0.4 is 0 Å². The van der Waals surface area contributed by atoms with Gasteiger partial charge >= 0.3 is 7.60 Å². The molecule has 0 fully saturated rings. The molecule has 62 valence electrons. The Kier molecular flexibility index (Phi) is 3.41. The second-order valence-corrected chi connectivity index (χ2v) is 3.38.